The fourth-order valence-electron chi connectivity index (χ4n) is 3.58. The highest BCUT2D eigenvalue weighted by molar-refractivity contribution is 5.92. The van der Waals surface area contributed by atoms with E-state index in [0.29, 0.717) is 17.7 Å². The average Bonchev–Trinajstić information content (AvgIpc) is 3.05. The summed E-state index contributed by atoms with van der Waals surface area (Å²) in [5.41, 5.74) is 0.551. The molecule has 3 rings (SSSR count). The van der Waals surface area contributed by atoms with Crippen molar-refractivity contribution in [3.63, 3.8) is 0 Å². The summed E-state index contributed by atoms with van der Waals surface area (Å²) in [5, 5.41) is 10.9. The van der Waals surface area contributed by atoms with Gasteiger partial charge in [-0.25, -0.2) is 0 Å². The van der Waals surface area contributed by atoms with Gasteiger partial charge in [-0.1, -0.05) is 19.8 Å². The minimum Gasteiger partial charge on any atom is -0.350 e. The van der Waals surface area contributed by atoms with Gasteiger partial charge in [0, 0.05) is 19.3 Å². The summed E-state index contributed by atoms with van der Waals surface area (Å²) in [6.07, 6.45) is 9.32. The van der Waals surface area contributed by atoms with Crippen LogP contribution in [0.2, 0.25) is 0 Å². The first-order chi connectivity index (χ1) is 10.7. The Morgan fingerprint density at radius 1 is 1.36 bits per heavy atom. The minimum absolute atomic E-state index is 0.0267. The molecule has 1 aromatic heterocycles. The Bertz CT molecular complexity index is 485. The van der Waals surface area contributed by atoms with E-state index in [4.69, 9.17) is 0 Å². The lowest BCUT2D eigenvalue weighted by Crippen LogP contribution is -2.33. The second kappa shape index (κ2) is 7.27. The van der Waals surface area contributed by atoms with Crippen LogP contribution in [0.15, 0.2) is 12.3 Å². The van der Waals surface area contributed by atoms with Crippen LogP contribution in [0.1, 0.15) is 62.0 Å². The molecule has 5 nitrogen and oxygen atoms in total. The molecule has 0 radical (unpaired) electrons. The van der Waals surface area contributed by atoms with Crippen molar-refractivity contribution in [3.05, 3.63) is 18.0 Å². The Kier molecular flexibility index (Phi) is 5.13. The smallest absolute Gasteiger partial charge is 0.271 e. The van der Waals surface area contributed by atoms with Crippen molar-refractivity contribution in [3.8, 4) is 0 Å². The van der Waals surface area contributed by atoms with Crippen LogP contribution in [0.3, 0.4) is 0 Å². The molecule has 2 heterocycles. The van der Waals surface area contributed by atoms with Crippen LogP contribution in [0.25, 0.3) is 0 Å². The number of rotatable bonds is 4. The van der Waals surface area contributed by atoms with Crippen molar-refractivity contribution >= 4 is 5.91 Å². The summed E-state index contributed by atoms with van der Waals surface area (Å²) >= 11 is 0. The van der Waals surface area contributed by atoms with E-state index < -0.39 is 0 Å². The summed E-state index contributed by atoms with van der Waals surface area (Å²) in [6.45, 7) is 5.15. The van der Waals surface area contributed by atoms with Crippen molar-refractivity contribution in [1.29, 1.82) is 0 Å². The fourth-order valence-corrected chi connectivity index (χ4v) is 3.58. The monoisotopic (exact) mass is 304 g/mol. The van der Waals surface area contributed by atoms with Gasteiger partial charge in [-0.3, -0.25) is 9.48 Å². The molecule has 0 aromatic carbocycles. The van der Waals surface area contributed by atoms with Crippen LogP contribution in [0.4, 0.5) is 0 Å². The summed E-state index contributed by atoms with van der Waals surface area (Å²) in [5.74, 6) is 1.47. The maximum Gasteiger partial charge on any atom is 0.271 e. The molecule has 1 saturated carbocycles. The molecule has 0 bridgehead atoms. The summed E-state index contributed by atoms with van der Waals surface area (Å²) in [7, 11) is 0. The number of amides is 1. The summed E-state index contributed by atoms with van der Waals surface area (Å²) < 4.78 is 1.95. The van der Waals surface area contributed by atoms with Crippen LogP contribution in [0, 0.1) is 11.8 Å². The number of aromatic nitrogens is 2. The van der Waals surface area contributed by atoms with Crippen molar-refractivity contribution in [2.24, 2.45) is 11.8 Å². The Morgan fingerprint density at radius 3 is 2.91 bits per heavy atom. The molecule has 5 heteroatoms. The maximum atomic E-state index is 12.2. The van der Waals surface area contributed by atoms with Gasteiger partial charge in [0.15, 0.2) is 0 Å². The SMILES string of the molecule is CC1CCC(CNC(=O)c2ccn(C3CCCNC3)n2)CC1. The molecule has 1 aromatic rings. The van der Waals surface area contributed by atoms with E-state index in [1.807, 2.05) is 16.9 Å². The van der Waals surface area contributed by atoms with E-state index in [1.165, 1.54) is 32.1 Å². The number of nitrogens with one attached hydrogen (secondary N) is 2. The first-order valence-electron chi connectivity index (χ1n) is 8.76. The first kappa shape index (κ1) is 15.5. The van der Waals surface area contributed by atoms with Gasteiger partial charge in [0.25, 0.3) is 5.91 Å². The lowest BCUT2D eigenvalue weighted by molar-refractivity contribution is 0.0935. The number of hydrogen-bond acceptors (Lipinski definition) is 3. The number of piperidine rings is 1. The second-order valence-electron chi connectivity index (χ2n) is 7.02. The zero-order valence-electron chi connectivity index (χ0n) is 13.6. The highest BCUT2D eigenvalue weighted by Crippen LogP contribution is 2.27. The van der Waals surface area contributed by atoms with Crippen molar-refractivity contribution in [1.82, 2.24) is 20.4 Å². The molecular formula is C17H28N4O. The van der Waals surface area contributed by atoms with Gasteiger partial charge in [-0.05, 0) is 50.1 Å². The fraction of sp³-hybridized carbons (Fsp3) is 0.765. The Balaban J connectivity index is 1.49. The lowest BCUT2D eigenvalue weighted by Gasteiger charge is -2.26. The molecule has 1 aliphatic heterocycles. The van der Waals surface area contributed by atoms with Crippen molar-refractivity contribution < 1.29 is 4.79 Å². The largest absolute Gasteiger partial charge is 0.350 e. The molecule has 1 amide bonds. The highest BCUT2D eigenvalue weighted by Gasteiger charge is 2.20. The molecule has 22 heavy (non-hydrogen) atoms. The molecule has 2 fully saturated rings. The summed E-state index contributed by atoms with van der Waals surface area (Å²) in [4.78, 5) is 12.2. The van der Waals surface area contributed by atoms with E-state index in [-0.39, 0.29) is 5.91 Å². The van der Waals surface area contributed by atoms with E-state index in [0.717, 1.165) is 32.0 Å². The van der Waals surface area contributed by atoms with E-state index in [1.54, 1.807) is 0 Å². The van der Waals surface area contributed by atoms with Gasteiger partial charge in [0.2, 0.25) is 0 Å². The molecule has 1 saturated heterocycles. The first-order valence-corrected chi connectivity index (χ1v) is 8.76. The number of nitrogens with zero attached hydrogens (tertiary/aromatic N) is 2. The zero-order valence-corrected chi connectivity index (χ0v) is 13.6. The molecule has 0 spiro atoms. The molecule has 122 valence electrons. The molecular weight excluding hydrogens is 276 g/mol. The molecule has 2 N–H and O–H groups in total. The topological polar surface area (TPSA) is 59.0 Å². The van der Waals surface area contributed by atoms with Crippen LogP contribution in [-0.2, 0) is 0 Å². The highest BCUT2D eigenvalue weighted by atomic mass is 16.1. The Hall–Kier alpha value is -1.36. The molecule has 1 unspecified atom stereocenters. The zero-order chi connectivity index (χ0) is 15.4. The number of carbonyl (C=O) groups excluding carboxylic acids is 1. The quantitative estimate of drug-likeness (QED) is 0.898. The van der Waals surface area contributed by atoms with Crippen molar-refractivity contribution in [2.45, 2.75) is 51.5 Å². The summed E-state index contributed by atoms with van der Waals surface area (Å²) in [6, 6.07) is 2.22. The van der Waals surface area contributed by atoms with E-state index in [2.05, 4.69) is 22.7 Å². The third-order valence-corrected chi connectivity index (χ3v) is 5.17. The molecule has 1 aliphatic carbocycles. The van der Waals surface area contributed by atoms with Gasteiger partial charge in [-0.15, -0.1) is 0 Å². The van der Waals surface area contributed by atoms with E-state index >= 15 is 0 Å². The second-order valence-corrected chi connectivity index (χ2v) is 7.02. The van der Waals surface area contributed by atoms with Crippen LogP contribution < -0.4 is 10.6 Å². The maximum absolute atomic E-state index is 12.2. The lowest BCUT2D eigenvalue weighted by atomic mass is 9.83. The minimum atomic E-state index is -0.0267. The molecule has 1 atom stereocenters. The van der Waals surface area contributed by atoms with Gasteiger partial charge in [-0.2, -0.15) is 5.10 Å². The third-order valence-electron chi connectivity index (χ3n) is 5.17. The van der Waals surface area contributed by atoms with Gasteiger partial charge >= 0.3 is 0 Å². The van der Waals surface area contributed by atoms with Gasteiger partial charge in [0.05, 0.1) is 6.04 Å². The molecule has 2 aliphatic rings. The average molecular weight is 304 g/mol. The predicted octanol–water partition coefficient (Wildman–Crippen LogP) is 2.36. The third kappa shape index (κ3) is 3.88. The number of hydrogen-bond donors (Lipinski definition) is 2. The standard InChI is InChI=1S/C17H28N4O/c1-13-4-6-14(7-5-13)11-19-17(22)16-8-10-21(20-16)15-3-2-9-18-12-15/h8,10,13-15,18H,2-7,9,11-12H2,1H3,(H,19,22). The number of carbonyl (C=O) groups is 1. The van der Waals surface area contributed by atoms with Crippen LogP contribution in [0.5, 0.6) is 0 Å². The van der Waals surface area contributed by atoms with Crippen molar-refractivity contribution in [2.75, 3.05) is 19.6 Å². The Labute approximate surface area is 132 Å². The Morgan fingerprint density at radius 2 is 2.18 bits per heavy atom. The van der Waals surface area contributed by atoms with Crippen LogP contribution >= 0.6 is 0 Å². The van der Waals surface area contributed by atoms with E-state index in [9.17, 15) is 4.79 Å². The normalized spacial score (nSPS) is 29.2. The van der Waals surface area contributed by atoms with Crippen LogP contribution in [-0.4, -0.2) is 35.3 Å². The van der Waals surface area contributed by atoms with Gasteiger partial charge < -0.3 is 10.6 Å². The van der Waals surface area contributed by atoms with Gasteiger partial charge in [0.1, 0.15) is 5.69 Å². The predicted molar refractivity (Wildman–Crippen MR) is 86.8 cm³/mol.